The van der Waals surface area contributed by atoms with Crippen LogP contribution in [0.15, 0.2) is 60.8 Å². The Morgan fingerprint density at radius 2 is 0.627 bits per heavy atom. The van der Waals surface area contributed by atoms with Gasteiger partial charge < -0.3 is 14.2 Å². The van der Waals surface area contributed by atoms with E-state index >= 15 is 0 Å². The number of carbonyl (C=O) groups is 3. The van der Waals surface area contributed by atoms with Gasteiger partial charge in [0.15, 0.2) is 6.10 Å². The Balaban J connectivity index is 4.41. The number of esters is 3. The van der Waals surface area contributed by atoms with Gasteiger partial charge in [0.2, 0.25) is 0 Å². The molecule has 0 fully saturated rings. The number of ether oxygens (including phenoxy) is 3. The van der Waals surface area contributed by atoms with Crippen LogP contribution >= 0.6 is 0 Å². The van der Waals surface area contributed by atoms with E-state index in [4.69, 9.17) is 14.2 Å². The van der Waals surface area contributed by atoms with E-state index in [0.29, 0.717) is 19.3 Å². The number of carbonyl (C=O) groups excluding carboxylic acids is 3. The third kappa shape index (κ3) is 46.0. The topological polar surface area (TPSA) is 78.9 Å². The first-order valence-electron chi connectivity index (χ1n) is 24.8. The molecule has 0 N–H and O–H groups in total. The average molecular weight is 825 g/mol. The molecule has 340 valence electrons. The van der Waals surface area contributed by atoms with Crippen molar-refractivity contribution in [2.24, 2.45) is 0 Å². The van der Waals surface area contributed by atoms with Crippen molar-refractivity contribution < 1.29 is 28.6 Å². The van der Waals surface area contributed by atoms with Gasteiger partial charge >= 0.3 is 17.9 Å². The molecular formula is C53H92O6. The van der Waals surface area contributed by atoms with Crippen LogP contribution in [-0.2, 0) is 28.6 Å². The van der Waals surface area contributed by atoms with E-state index in [0.717, 1.165) is 103 Å². The summed E-state index contributed by atoms with van der Waals surface area (Å²) in [5, 5.41) is 0. The molecule has 0 aliphatic carbocycles. The molecule has 0 amide bonds. The van der Waals surface area contributed by atoms with Crippen LogP contribution in [0.2, 0.25) is 0 Å². The molecule has 0 heterocycles. The molecule has 0 aromatic heterocycles. The van der Waals surface area contributed by atoms with Crippen molar-refractivity contribution in [3.05, 3.63) is 60.8 Å². The lowest BCUT2D eigenvalue weighted by atomic mass is 10.1. The van der Waals surface area contributed by atoms with Crippen LogP contribution in [0.3, 0.4) is 0 Å². The Bertz CT molecular complexity index is 1090. The lowest BCUT2D eigenvalue weighted by molar-refractivity contribution is -0.167. The van der Waals surface area contributed by atoms with E-state index in [2.05, 4.69) is 81.5 Å². The molecule has 0 aromatic carbocycles. The summed E-state index contributed by atoms with van der Waals surface area (Å²) in [5.74, 6) is -0.930. The molecule has 6 heteroatoms. The molecule has 6 nitrogen and oxygen atoms in total. The molecule has 1 atom stereocenters. The van der Waals surface area contributed by atoms with Crippen LogP contribution < -0.4 is 0 Å². The van der Waals surface area contributed by atoms with Gasteiger partial charge in [-0.25, -0.2) is 0 Å². The Kier molecular flexibility index (Phi) is 45.4. The predicted octanol–water partition coefficient (Wildman–Crippen LogP) is 16.1. The van der Waals surface area contributed by atoms with Crippen molar-refractivity contribution in [1.82, 2.24) is 0 Å². The number of allylic oxidation sites excluding steroid dienone is 10. The maximum atomic E-state index is 12.7. The van der Waals surface area contributed by atoms with Crippen LogP contribution in [0.5, 0.6) is 0 Å². The molecule has 0 saturated carbocycles. The van der Waals surface area contributed by atoms with E-state index < -0.39 is 6.10 Å². The van der Waals surface area contributed by atoms with Crippen molar-refractivity contribution in [2.75, 3.05) is 13.2 Å². The minimum absolute atomic E-state index is 0.0894. The van der Waals surface area contributed by atoms with Gasteiger partial charge in [0.05, 0.1) is 0 Å². The molecule has 0 aliphatic heterocycles. The van der Waals surface area contributed by atoms with Crippen molar-refractivity contribution in [3.63, 3.8) is 0 Å². The predicted molar refractivity (Wildman–Crippen MR) is 251 cm³/mol. The lowest BCUT2D eigenvalue weighted by Crippen LogP contribution is -2.30. The van der Waals surface area contributed by atoms with Gasteiger partial charge in [-0.1, -0.05) is 178 Å². The summed E-state index contributed by atoms with van der Waals surface area (Å²) in [7, 11) is 0. The molecule has 59 heavy (non-hydrogen) atoms. The highest BCUT2D eigenvalue weighted by molar-refractivity contribution is 5.71. The van der Waals surface area contributed by atoms with E-state index in [-0.39, 0.29) is 31.1 Å². The minimum atomic E-state index is -0.789. The minimum Gasteiger partial charge on any atom is -0.462 e. The normalized spacial score (nSPS) is 12.5. The van der Waals surface area contributed by atoms with Gasteiger partial charge in [0.1, 0.15) is 13.2 Å². The first-order chi connectivity index (χ1) is 29.0. The van der Waals surface area contributed by atoms with Crippen LogP contribution in [-0.4, -0.2) is 37.2 Å². The third-order valence-electron chi connectivity index (χ3n) is 10.5. The Morgan fingerprint density at radius 3 is 1.05 bits per heavy atom. The zero-order valence-electron chi connectivity index (χ0n) is 38.8. The summed E-state index contributed by atoms with van der Waals surface area (Å²) in [6.45, 7) is 6.52. The standard InChI is InChI=1S/C53H92O6/c1-4-7-10-13-16-19-22-24-25-26-27-29-32-34-37-40-43-46-52(55)58-49-50(59-53(56)47-44-41-38-35-30-21-18-15-12-9-6-3)48-57-51(54)45-42-39-36-33-31-28-23-20-17-14-11-8-5-2/h15-16,18-20,23-25,27,29,50H,4-14,17,21-22,26,28,30-49H2,1-3H3/b18-15-,19-16-,23-20-,25-24-,29-27-/t50-/m0/s1. The fourth-order valence-corrected chi connectivity index (χ4v) is 6.66. The first kappa shape index (κ1) is 56.1. The monoisotopic (exact) mass is 825 g/mol. The van der Waals surface area contributed by atoms with E-state index in [9.17, 15) is 14.4 Å². The lowest BCUT2D eigenvalue weighted by Gasteiger charge is -2.18. The van der Waals surface area contributed by atoms with Crippen molar-refractivity contribution in [3.8, 4) is 0 Å². The highest BCUT2D eigenvalue weighted by atomic mass is 16.6. The fourth-order valence-electron chi connectivity index (χ4n) is 6.66. The SMILES string of the molecule is CCCC/C=C\CCCCCCCC(=O)O[C@H](COC(=O)CCCCCC/C=C\C/C=C\C/C=C\CCCCC)COC(=O)CCCCCCC/C=C\CCCCCC. The summed E-state index contributed by atoms with van der Waals surface area (Å²) in [6, 6.07) is 0. The highest BCUT2D eigenvalue weighted by Crippen LogP contribution is 2.13. The van der Waals surface area contributed by atoms with Crippen molar-refractivity contribution in [1.29, 1.82) is 0 Å². The van der Waals surface area contributed by atoms with E-state index in [1.165, 1.54) is 96.3 Å². The molecule has 0 radical (unpaired) electrons. The summed E-state index contributed by atoms with van der Waals surface area (Å²) in [5.41, 5.74) is 0. The zero-order valence-corrected chi connectivity index (χ0v) is 38.8. The molecule has 0 bridgehead atoms. The summed E-state index contributed by atoms with van der Waals surface area (Å²) in [4.78, 5) is 37.8. The molecule has 0 unspecified atom stereocenters. The molecule has 0 aliphatic rings. The number of hydrogen-bond donors (Lipinski definition) is 0. The van der Waals surface area contributed by atoms with Gasteiger partial charge in [-0.05, 0) is 103 Å². The van der Waals surface area contributed by atoms with Crippen LogP contribution in [0.4, 0.5) is 0 Å². The van der Waals surface area contributed by atoms with Crippen LogP contribution in [0.1, 0.15) is 239 Å². The van der Waals surface area contributed by atoms with Crippen LogP contribution in [0, 0.1) is 0 Å². The Labute approximate surface area is 364 Å². The largest absolute Gasteiger partial charge is 0.462 e. The second-order valence-electron chi connectivity index (χ2n) is 16.4. The second kappa shape index (κ2) is 47.8. The van der Waals surface area contributed by atoms with Gasteiger partial charge in [0.25, 0.3) is 0 Å². The average Bonchev–Trinajstić information content (AvgIpc) is 3.23. The van der Waals surface area contributed by atoms with Gasteiger partial charge in [-0.15, -0.1) is 0 Å². The fraction of sp³-hybridized carbons (Fsp3) is 0.755. The van der Waals surface area contributed by atoms with Gasteiger partial charge in [-0.2, -0.15) is 0 Å². The van der Waals surface area contributed by atoms with Crippen molar-refractivity contribution in [2.45, 2.75) is 245 Å². The maximum Gasteiger partial charge on any atom is 0.306 e. The molecule has 0 saturated heterocycles. The first-order valence-corrected chi connectivity index (χ1v) is 24.8. The number of hydrogen-bond acceptors (Lipinski definition) is 6. The third-order valence-corrected chi connectivity index (χ3v) is 10.5. The smallest absolute Gasteiger partial charge is 0.306 e. The maximum absolute atomic E-state index is 12.7. The number of rotatable bonds is 44. The van der Waals surface area contributed by atoms with Crippen molar-refractivity contribution >= 4 is 17.9 Å². The molecule has 0 aromatic rings. The summed E-state index contributed by atoms with van der Waals surface area (Å²) < 4.78 is 16.7. The summed E-state index contributed by atoms with van der Waals surface area (Å²) in [6.07, 6.45) is 57.7. The second-order valence-corrected chi connectivity index (χ2v) is 16.4. The Morgan fingerprint density at radius 1 is 0.339 bits per heavy atom. The molecule has 0 spiro atoms. The highest BCUT2D eigenvalue weighted by Gasteiger charge is 2.19. The Hall–Kier alpha value is -2.89. The quantitative estimate of drug-likeness (QED) is 0.0263. The van der Waals surface area contributed by atoms with Crippen LogP contribution in [0.25, 0.3) is 0 Å². The van der Waals surface area contributed by atoms with E-state index in [1.54, 1.807) is 0 Å². The van der Waals surface area contributed by atoms with E-state index in [1.807, 2.05) is 0 Å². The number of unbranched alkanes of at least 4 members (excludes halogenated alkanes) is 23. The van der Waals surface area contributed by atoms with Gasteiger partial charge in [-0.3, -0.25) is 14.4 Å². The summed E-state index contributed by atoms with van der Waals surface area (Å²) >= 11 is 0. The zero-order chi connectivity index (χ0) is 43.0. The van der Waals surface area contributed by atoms with Gasteiger partial charge in [0, 0.05) is 19.3 Å². The molecular weight excluding hydrogens is 733 g/mol. The molecule has 0 rings (SSSR count).